The molecule has 0 aliphatic rings. The van der Waals surface area contributed by atoms with E-state index in [1.54, 1.807) is 10.8 Å². The number of nitrogens with one attached hydrogen (secondary N) is 1. The van der Waals surface area contributed by atoms with E-state index in [1.807, 2.05) is 50.2 Å². The minimum atomic E-state index is -0.118. The van der Waals surface area contributed by atoms with E-state index in [1.165, 1.54) is 0 Å². The minimum absolute atomic E-state index is 0.118. The van der Waals surface area contributed by atoms with Gasteiger partial charge in [0.25, 0.3) is 0 Å². The third-order valence-electron chi connectivity index (χ3n) is 3.94. The number of rotatable bonds is 3. The lowest BCUT2D eigenvalue weighted by atomic mass is 10.1. The highest BCUT2D eigenvalue weighted by Gasteiger charge is 2.12. The van der Waals surface area contributed by atoms with Crippen LogP contribution >= 0.6 is 15.9 Å². The Labute approximate surface area is 148 Å². The maximum Gasteiger partial charge on any atom is 0.244 e. The largest absolute Gasteiger partial charge is 0.337 e. The van der Waals surface area contributed by atoms with E-state index in [4.69, 9.17) is 0 Å². The molecule has 0 bridgehead atoms. The lowest BCUT2D eigenvalue weighted by Gasteiger charge is -2.10. The first-order valence-electron chi connectivity index (χ1n) is 7.53. The van der Waals surface area contributed by atoms with Crippen LogP contribution in [0.15, 0.2) is 47.1 Å². The summed E-state index contributed by atoms with van der Waals surface area (Å²) in [6.07, 6.45) is 1.72. The third-order valence-corrected chi connectivity index (χ3v) is 4.44. The number of amides is 1. The molecule has 4 nitrogen and oxygen atoms in total. The van der Waals surface area contributed by atoms with Crippen molar-refractivity contribution in [2.75, 3.05) is 5.32 Å². The summed E-state index contributed by atoms with van der Waals surface area (Å²) in [4.78, 5) is 12.4. The van der Waals surface area contributed by atoms with E-state index in [2.05, 4.69) is 27.3 Å². The van der Waals surface area contributed by atoms with Gasteiger partial charge in [0, 0.05) is 27.3 Å². The Morgan fingerprint density at radius 2 is 2.04 bits per heavy atom. The number of benzene rings is 2. The van der Waals surface area contributed by atoms with E-state index in [0.717, 1.165) is 32.2 Å². The van der Waals surface area contributed by atoms with Gasteiger partial charge in [-0.15, -0.1) is 0 Å². The molecule has 0 aliphatic carbocycles. The number of hydrogen-bond acceptors (Lipinski definition) is 2. The first kappa shape index (κ1) is 16.3. The van der Waals surface area contributed by atoms with Gasteiger partial charge in [-0.2, -0.15) is 5.26 Å². The van der Waals surface area contributed by atoms with Crippen LogP contribution in [0.1, 0.15) is 16.7 Å². The molecule has 3 aromatic rings. The molecule has 0 radical (unpaired) electrons. The van der Waals surface area contributed by atoms with Crippen LogP contribution in [0.4, 0.5) is 5.69 Å². The quantitative estimate of drug-likeness (QED) is 0.724. The van der Waals surface area contributed by atoms with Crippen molar-refractivity contribution in [1.29, 1.82) is 5.26 Å². The summed E-state index contributed by atoms with van der Waals surface area (Å²) in [7, 11) is 0. The highest BCUT2D eigenvalue weighted by molar-refractivity contribution is 9.10. The second kappa shape index (κ2) is 6.50. The molecule has 1 aromatic heterocycles. The molecule has 0 spiro atoms. The molecular formula is C19H16BrN3O. The molecule has 1 N–H and O–H groups in total. The average molecular weight is 382 g/mol. The molecule has 1 amide bonds. The number of nitriles is 1. The van der Waals surface area contributed by atoms with Crippen molar-refractivity contribution < 1.29 is 4.79 Å². The van der Waals surface area contributed by atoms with Crippen molar-refractivity contribution in [3.8, 4) is 6.07 Å². The molecule has 5 heteroatoms. The number of anilines is 1. The van der Waals surface area contributed by atoms with Crippen LogP contribution < -0.4 is 5.32 Å². The van der Waals surface area contributed by atoms with Gasteiger partial charge in [-0.1, -0.05) is 28.1 Å². The second-order valence-electron chi connectivity index (χ2n) is 5.81. The molecule has 2 aromatic carbocycles. The van der Waals surface area contributed by atoms with Gasteiger partial charge in [-0.25, -0.2) is 0 Å². The Hall–Kier alpha value is -2.58. The van der Waals surface area contributed by atoms with Gasteiger partial charge < -0.3 is 9.88 Å². The first-order valence-corrected chi connectivity index (χ1v) is 8.33. The Kier molecular flexibility index (Phi) is 4.41. The lowest BCUT2D eigenvalue weighted by molar-refractivity contribution is -0.116. The van der Waals surface area contributed by atoms with Gasteiger partial charge >= 0.3 is 0 Å². The maximum absolute atomic E-state index is 12.4. The maximum atomic E-state index is 12.4. The SMILES string of the molecule is Cc1ccc(C)c(NC(=O)Cn2cc(C#N)c3cc(Br)ccc32)c1. The molecule has 0 saturated heterocycles. The molecule has 0 aliphatic heterocycles. The summed E-state index contributed by atoms with van der Waals surface area (Å²) in [5.74, 6) is -0.118. The summed E-state index contributed by atoms with van der Waals surface area (Å²) in [5, 5.41) is 13.1. The predicted octanol–water partition coefficient (Wildman–Crippen LogP) is 4.53. The standard InChI is InChI=1S/C19H16BrN3O/c1-12-3-4-13(2)17(7-12)22-19(24)11-23-10-14(9-21)16-8-15(20)5-6-18(16)23/h3-8,10H,11H2,1-2H3,(H,22,24). The van der Waals surface area contributed by atoms with Crippen LogP contribution in [0.2, 0.25) is 0 Å². The monoisotopic (exact) mass is 381 g/mol. The molecule has 24 heavy (non-hydrogen) atoms. The van der Waals surface area contributed by atoms with Gasteiger partial charge in [0.2, 0.25) is 5.91 Å². The summed E-state index contributed by atoms with van der Waals surface area (Å²) in [6, 6.07) is 13.9. The molecule has 0 saturated carbocycles. The zero-order valence-corrected chi connectivity index (χ0v) is 15.0. The number of hydrogen-bond donors (Lipinski definition) is 1. The number of halogens is 1. The van der Waals surface area contributed by atoms with Crippen LogP contribution in [0.3, 0.4) is 0 Å². The molecule has 1 heterocycles. The van der Waals surface area contributed by atoms with Crippen LogP contribution in [-0.2, 0) is 11.3 Å². The van der Waals surface area contributed by atoms with Crippen molar-refractivity contribution in [2.45, 2.75) is 20.4 Å². The molecule has 0 fully saturated rings. The average Bonchev–Trinajstić information content (AvgIpc) is 2.87. The number of fused-ring (bicyclic) bond motifs is 1. The van der Waals surface area contributed by atoms with Crippen molar-refractivity contribution >= 4 is 38.4 Å². The van der Waals surface area contributed by atoms with Crippen LogP contribution in [0.5, 0.6) is 0 Å². The van der Waals surface area contributed by atoms with Gasteiger partial charge in [-0.05, 0) is 49.2 Å². The van der Waals surface area contributed by atoms with E-state index >= 15 is 0 Å². The van der Waals surface area contributed by atoms with Crippen LogP contribution in [-0.4, -0.2) is 10.5 Å². The zero-order chi connectivity index (χ0) is 17.3. The highest BCUT2D eigenvalue weighted by Crippen LogP contribution is 2.25. The number of aryl methyl sites for hydroxylation is 2. The van der Waals surface area contributed by atoms with Crippen molar-refractivity contribution in [3.63, 3.8) is 0 Å². The van der Waals surface area contributed by atoms with E-state index in [-0.39, 0.29) is 12.5 Å². The van der Waals surface area contributed by atoms with E-state index in [0.29, 0.717) is 5.56 Å². The summed E-state index contributed by atoms with van der Waals surface area (Å²) in [5.41, 5.74) is 4.36. The van der Waals surface area contributed by atoms with Gasteiger partial charge in [0.1, 0.15) is 12.6 Å². The van der Waals surface area contributed by atoms with Crippen LogP contribution in [0, 0.1) is 25.2 Å². The normalized spacial score (nSPS) is 10.6. The smallest absolute Gasteiger partial charge is 0.244 e. The Morgan fingerprint density at radius 3 is 2.79 bits per heavy atom. The van der Waals surface area contributed by atoms with Crippen molar-refractivity contribution in [3.05, 3.63) is 63.8 Å². The van der Waals surface area contributed by atoms with Crippen molar-refractivity contribution in [1.82, 2.24) is 4.57 Å². The summed E-state index contributed by atoms with van der Waals surface area (Å²) < 4.78 is 2.71. The van der Waals surface area contributed by atoms with E-state index in [9.17, 15) is 10.1 Å². The fourth-order valence-corrected chi connectivity index (χ4v) is 3.07. The number of carbonyl (C=O) groups is 1. The molecular weight excluding hydrogens is 366 g/mol. The third kappa shape index (κ3) is 3.19. The number of carbonyl (C=O) groups excluding carboxylic acids is 1. The first-order chi connectivity index (χ1) is 11.5. The minimum Gasteiger partial charge on any atom is -0.337 e. The fraction of sp³-hybridized carbons (Fsp3) is 0.158. The summed E-state index contributed by atoms with van der Waals surface area (Å²) >= 11 is 3.42. The topological polar surface area (TPSA) is 57.8 Å². The van der Waals surface area contributed by atoms with Gasteiger partial charge in [-0.3, -0.25) is 4.79 Å². The highest BCUT2D eigenvalue weighted by atomic mass is 79.9. The molecule has 0 atom stereocenters. The second-order valence-corrected chi connectivity index (χ2v) is 6.73. The molecule has 120 valence electrons. The Bertz CT molecular complexity index is 982. The van der Waals surface area contributed by atoms with Gasteiger partial charge in [0.15, 0.2) is 0 Å². The van der Waals surface area contributed by atoms with Crippen LogP contribution in [0.25, 0.3) is 10.9 Å². The Balaban J connectivity index is 1.88. The van der Waals surface area contributed by atoms with E-state index < -0.39 is 0 Å². The van der Waals surface area contributed by atoms with Gasteiger partial charge in [0.05, 0.1) is 5.56 Å². The fourth-order valence-electron chi connectivity index (χ4n) is 2.70. The number of aromatic nitrogens is 1. The van der Waals surface area contributed by atoms with Crippen molar-refractivity contribution in [2.24, 2.45) is 0 Å². The lowest BCUT2D eigenvalue weighted by Crippen LogP contribution is -2.18. The summed E-state index contributed by atoms with van der Waals surface area (Å²) in [6.45, 7) is 4.12. The predicted molar refractivity (Wildman–Crippen MR) is 98.9 cm³/mol. The number of nitrogens with zero attached hydrogens (tertiary/aromatic N) is 2. The zero-order valence-electron chi connectivity index (χ0n) is 13.4. The molecule has 3 rings (SSSR count). The molecule has 0 unspecified atom stereocenters. The Morgan fingerprint density at radius 1 is 1.25 bits per heavy atom.